The van der Waals surface area contributed by atoms with Crippen molar-refractivity contribution in [1.82, 2.24) is 5.32 Å². The lowest BCUT2D eigenvalue weighted by Gasteiger charge is -2.08. The van der Waals surface area contributed by atoms with Gasteiger partial charge in [-0.1, -0.05) is 0 Å². The predicted molar refractivity (Wildman–Crippen MR) is 29.5 cm³/mol. The van der Waals surface area contributed by atoms with Gasteiger partial charge >= 0.3 is 0 Å². The van der Waals surface area contributed by atoms with Gasteiger partial charge < -0.3 is 15.5 Å². The molecule has 3 atom stereocenters. The largest absolute Gasteiger partial charge is 0.389 e. The fraction of sp³-hybridized carbons (Fsp3) is 1.00. The Morgan fingerprint density at radius 3 is 2.25 bits per heavy atom. The number of nitrogens with one attached hydrogen (secondary N) is 1. The number of aliphatic hydroxyl groups excluding tert-OH is 2. The van der Waals surface area contributed by atoms with E-state index in [1.165, 1.54) is 0 Å². The summed E-state index contributed by atoms with van der Waals surface area (Å²) in [6.07, 6.45) is -1.14. The van der Waals surface area contributed by atoms with Crippen molar-refractivity contribution >= 4 is 0 Å². The van der Waals surface area contributed by atoms with Crippen molar-refractivity contribution in [2.24, 2.45) is 0 Å². The summed E-state index contributed by atoms with van der Waals surface area (Å²) in [5.41, 5.74) is 0. The Balaban J connectivity index is 2.44. The van der Waals surface area contributed by atoms with Gasteiger partial charge in [0.15, 0.2) is 0 Å². The van der Waals surface area contributed by atoms with Gasteiger partial charge in [0, 0.05) is 12.6 Å². The lowest BCUT2D eigenvalue weighted by Crippen LogP contribution is -2.29. The van der Waals surface area contributed by atoms with Gasteiger partial charge in [0.25, 0.3) is 0 Å². The van der Waals surface area contributed by atoms with E-state index in [9.17, 15) is 0 Å². The van der Waals surface area contributed by atoms with Crippen molar-refractivity contribution in [2.45, 2.75) is 25.2 Å². The van der Waals surface area contributed by atoms with Crippen LogP contribution in [-0.4, -0.2) is 35.0 Å². The topological polar surface area (TPSA) is 52.5 Å². The molecular weight excluding hydrogens is 106 g/mol. The molecule has 0 spiro atoms. The molecule has 0 saturated carbocycles. The van der Waals surface area contributed by atoms with E-state index in [1.54, 1.807) is 0 Å². The SMILES string of the molecule is CC1NC[C@@H](O)C1O. The van der Waals surface area contributed by atoms with Crippen LogP contribution < -0.4 is 5.32 Å². The van der Waals surface area contributed by atoms with Crippen molar-refractivity contribution in [3.63, 3.8) is 0 Å². The highest BCUT2D eigenvalue weighted by Crippen LogP contribution is 2.05. The van der Waals surface area contributed by atoms with E-state index in [2.05, 4.69) is 5.32 Å². The molecule has 1 rings (SSSR count). The second-order valence-electron chi connectivity index (χ2n) is 2.25. The summed E-state index contributed by atoms with van der Waals surface area (Å²) >= 11 is 0. The molecule has 48 valence electrons. The molecule has 0 aromatic carbocycles. The monoisotopic (exact) mass is 117 g/mol. The Labute approximate surface area is 48.3 Å². The predicted octanol–water partition coefficient (Wildman–Crippen LogP) is -1.30. The zero-order valence-corrected chi connectivity index (χ0v) is 4.83. The van der Waals surface area contributed by atoms with Gasteiger partial charge in [-0.15, -0.1) is 0 Å². The maximum absolute atomic E-state index is 8.95. The van der Waals surface area contributed by atoms with Gasteiger partial charge in [0.2, 0.25) is 0 Å². The van der Waals surface area contributed by atoms with Crippen LogP contribution in [0.4, 0.5) is 0 Å². The third-order valence-electron chi connectivity index (χ3n) is 1.56. The third kappa shape index (κ3) is 0.844. The van der Waals surface area contributed by atoms with Crippen LogP contribution in [0.5, 0.6) is 0 Å². The van der Waals surface area contributed by atoms with Crippen LogP contribution >= 0.6 is 0 Å². The van der Waals surface area contributed by atoms with Crippen LogP contribution in [0.2, 0.25) is 0 Å². The molecule has 1 aliphatic heterocycles. The third-order valence-corrected chi connectivity index (χ3v) is 1.56. The highest BCUT2D eigenvalue weighted by molar-refractivity contribution is 4.86. The molecule has 8 heavy (non-hydrogen) atoms. The highest BCUT2D eigenvalue weighted by Gasteiger charge is 2.28. The summed E-state index contributed by atoms with van der Waals surface area (Å²) in [6.45, 7) is 2.36. The van der Waals surface area contributed by atoms with E-state index < -0.39 is 12.2 Å². The van der Waals surface area contributed by atoms with Crippen molar-refractivity contribution < 1.29 is 10.2 Å². The minimum Gasteiger partial charge on any atom is -0.389 e. The maximum Gasteiger partial charge on any atom is 0.0961 e. The van der Waals surface area contributed by atoms with Crippen LogP contribution in [-0.2, 0) is 0 Å². The quantitative estimate of drug-likeness (QED) is 0.369. The Hall–Kier alpha value is -0.120. The number of hydrogen-bond donors (Lipinski definition) is 3. The summed E-state index contributed by atoms with van der Waals surface area (Å²) in [6, 6.07) is 0.0463. The molecule has 1 aliphatic rings. The van der Waals surface area contributed by atoms with E-state index in [1.807, 2.05) is 6.92 Å². The summed E-state index contributed by atoms with van der Waals surface area (Å²) in [5.74, 6) is 0. The average Bonchev–Trinajstić information content (AvgIpc) is 1.98. The molecule has 1 fully saturated rings. The molecule has 1 heterocycles. The minimum absolute atomic E-state index is 0.0463. The Morgan fingerprint density at radius 2 is 2.12 bits per heavy atom. The first kappa shape index (κ1) is 6.01. The first-order valence-corrected chi connectivity index (χ1v) is 2.81. The fourth-order valence-corrected chi connectivity index (χ4v) is 0.881. The molecule has 3 heteroatoms. The van der Waals surface area contributed by atoms with Gasteiger partial charge in [0.05, 0.1) is 12.2 Å². The molecule has 1 saturated heterocycles. The second kappa shape index (κ2) is 2.01. The molecule has 3 N–H and O–H groups in total. The van der Waals surface area contributed by atoms with Gasteiger partial charge in [-0.05, 0) is 6.92 Å². The van der Waals surface area contributed by atoms with Crippen molar-refractivity contribution in [3.8, 4) is 0 Å². The van der Waals surface area contributed by atoms with Crippen molar-refractivity contribution in [1.29, 1.82) is 0 Å². The minimum atomic E-state index is -0.574. The lowest BCUT2D eigenvalue weighted by molar-refractivity contribution is 0.0436. The fourth-order valence-electron chi connectivity index (χ4n) is 0.881. The smallest absolute Gasteiger partial charge is 0.0961 e. The molecule has 0 aliphatic carbocycles. The number of rotatable bonds is 0. The Morgan fingerprint density at radius 1 is 1.50 bits per heavy atom. The summed E-state index contributed by atoms with van der Waals surface area (Å²) in [4.78, 5) is 0. The Kier molecular flexibility index (Phi) is 1.51. The first-order chi connectivity index (χ1) is 3.72. The van der Waals surface area contributed by atoms with E-state index in [4.69, 9.17) is 10.2 Å². The van der Waals surface area contributed by atoms with Crippen LogP contribution in [0.3, 0.4) is 0 Å². The molecule has 3 nitrogen and oxygen atoms in total. The number of aliphatic hydroxyl groups is 2. The maximum atomic E-state index is 8.95. The van der Waals surface area contributed by atoms with Crippen molar-refractivity contribution in [3.05, 3.63) is 0 Å². The average molecular weight is 117 g/mol. The van der Waals surface area contributed by atoms with E-state index in [0.29, 0.717) is 6.54 Å². The molecule has 0 radical (unpaired) electrons. The van der Waals surface area contributed by atoms with E-state index in [-0.39, 0.29) is 6.04 Å². The van der Waals surface area contributed by atoms with Gasteiger partial charge in [0.1, 0.15) is 0 Å². The normalized spacial score (nSPS) is 47.6. The number of hydrogen-bond acceptors (Lipinski definition) is 3. The molecule has 0 bridgehead atoms. The van der Waals surface area contributed by atoms with E-state index >= 15 is 0 Å². The zero-order chi connectivity index (χ0) is 6.15. The summed E-state index contributed by atoms with van der Waals surface area (Å²) in [7, 11) is 0. The van der Waals surface area contributed by atoms with Crippen LogP contribution in [0.25, 0.3) is 0 Å². The molecule has 0 aromatic heterocycles. The van der Waals surface area contributed by atoms with E-state index in [0.717, 1.165) is 0 Å². The zero-order valence-electron chi connectivity index (χ0n) is 4.83. The lowest BCUT2D eigenvalue weighted by atomic mass is 10.2. The van der Waals surface area contributed by atoms with Gasteiger partial charge in [-0.3, -0.25) is 0 Å². The molecule has 0 amide bonds. The van der Waals surface area contributed by atoms with Gasteiger partial charge in [-0.2, -0.15) is 0 Å². The highest BCUT2D eigenvalue weighted by atomic mass is 16.3. The summed E-state index contributed by atoms with van der Waals surface area (Å²) in [5, 5.41) is 20.7. The van der Waals surface area contributed by atoms with Crippen LogP contribution in [0.15, 0.2) is 0 Å². The standard InChI is InChI=1S/C5H11NO2/c1-3-5(8)4(7)2-6-3/h3-8H,2H2,1H3/t3?,4-,5?/m1/s1. The summed E-state index contributed by atoms with van der Waals surface area (Å²) < 4.78 is 0. The van der Waals surface area contributed by atoms with Crippen molar-refractivity contribution in [2.75, 3.05) is 6.54 Å². The molecular formula is C5H11NO2. The van der Waals surface area contributed by atoms with Crippen LogP contribution in [0, 0.1) is 0 Å². The molecule has 0 aromatic rings. The van der Waals surface area contributed by atoms with Gasteiger partial charge in [-0.25, -0.2) is 0 Å². The Bertz CT molecular complexity index is 76.5. The van der Waals surface area contributed by atoms with Crippen LogP contribution in [0.1, 0.15) is 6.92 Å². The first-order valence-electron chi connectivity index (χ1n) is 2.81. The molecule has 2 unspecified atom stereocenters. The number of β-amino-alcohol motifs (C(OH)–C–C–N with tert-alkyl or cyclic N) is 1. The second-order valence-corrected chi connectivity index (χ2v) is 2.25.